The number of nitrogens with one attached hydrogen (secondary N) is 1. The highest BCUT2D eigenvalue weighted by Crippen LogP contribution is 2.26. The van der Waals surface area contributed by atoms with Crippen LogP contribution < -0.4 is 15.8 Å². The van der Waals surface area contributed by atoms with Crippen LogP contribution in [-0.4, -0.2) is 41.4 Å². The van der Waals surface area contributed by atoms with E-state index in [1.165, 1.54) is 32.8 Å². The number of nitrogens with zero attached hydrogens (tertiary/aromatic N) is 4. The van der Waals surface area contributed by atoms with Crippen molar-refractivity contribution < 1.29 is 17.9 Å². The van der Waals surface area contributed by atoms with Gasteiger partial charge in [0.1, 0.15) is 23.7 Å². The average molecular weight is 404 g/mol. The molecule has 0 aliphatic carbocycles. The van der Waals surface area contributed by atoms with Gasteiger partial charge in [0.15, 0.2) is 5.65 Å². The molecular formula is C19H19F3N6O. The molecule has 3 rings (SSSR count). The third-order valence-electron chi connectivity index (χ3n) is 4.29. The number of allylic oxidation sites excluding steroid dienone is 2. The molecule has 0 unspecified atom stereocenters. The summed E-state index contributed by atoms with van der Waals surface area (Å²) in [4.78, 5) is 3.81. The van der Waals surface area contributed by atoms with E-state index in [0.717, 1.165) is 0 Å². The topological polar surface area (TPSA) is 89.8 Å². The van der Waals surface area contributed by atoms with E-state index in [-0.39, 0.29) is 12.1 Å². The molecule has 3 N–H and O–H groups in total. The Hall–Kier alpha value is -3.56. The van der Waals surface area contributed by atoms with Crippen molar-refractivity contribution in [2.45, 2.75) is 13.0 Å². The third kappa shape index (κ3) is 4.00. The minimum atomic E-state index is -2.85. The monoisotopic (exact) mass is 404 g/mol. The van der Waals surface area contributed by atoms with Crippen molar-refractivity contribution >= 4 is 23.3 Å². The summed E-state index contributed by atoms with van der Waals surface area (Å²) in [5.74, 6) is 0.521. The number of fused-ring (bicyclic) bond motifs is 1. The van der Waals surface area contributed by atoms with Gasteiger partial charge in [-0.25, -0.2) is 13.2 Å². The summed E-state index contributed by atoms with van der Waals surface area (Å²) in [6.07, 6.45) is -0.181. The van der Waals surface area contributed by atoms with Crippen LogP contribution >= 0.6 is 0 Å². The standard InChI is InChI=1S/C19H19F3N6O/c1-24-8-12(17(23)18(21)22)11-6-7-16(28-10-26-27-19(11)28)25-9-13-14(20)4-3-5-15(13)29-2/h3-8,10,18,25H,9,23H2,1-2H3. The highest BCUT2D eigenvalue weighted by molar-refractivity contribution is 6.13. The van der Waals surface area contributed by atoms with Crippen molar-refractivity contribution in [3.63, 3.8) is 0 Å². The van der Waals surface area contributed by atoms with E-state index in [1.807, 2.05) is 0 Å². The molecule has 3 aromatic rings. The van der Waals surface area contributed by atoms with E-state index in [0.29, 0.717) is 28.3 Å². The number of hydrogen-bond donors (Lipinski definition) is 2. The van der Waals surface area contributed by atoms with Crippen molar-refractivity contribution in [3.8, 4) is 5.75 Å². The van der Waals surface area contributed by atoms with Gasteiger partial charge < -0.3 is 15.8 Å². The van der Waals surface area contributed by atoms with Gasteiger partial charge in [-0.1, -0.05) is 6.07 Å². The number of aromatic nitrogens is 3. The van der Waals surface area contributed by atoms with Crippen molar-refractivity contribution in [2.75, 3.05) is 19.5 Å². The lowest BCUT2D eigenvalue weighted by atomic mass is 10.1. The molecule has 0 spiro atoms. The molecule has 0 atom stereocenters. The molecule has 0 bridgehead atoms. The van der Waals surface area contributed by atoms with Crippen LogP contribution in [0.2, 0.25) is 0 Å². The molecule has 1 aromatic carbocycles. The number of nitrogens with two attached hydrogens (primary N) is 1. The van der Waals surface area contributed by atoms with Gasteiger partial charge in [-0.05, 0) is 24.3 Å². The Balaban J connectivity index is 2.01. The zero-order valence-corrected chi connectivity index (χ0v) is 15.7. The largest absolute Gasteiger partial charge is 0.496 e. The number of halogens is 3. The quantitative estimate of drug-likeness (QED) is 0.591. The minimum Gasteiger partial charge on any atom is -0.496 e. The van der Waals surface area contributed by atoms with Gasteiger partial charge in [0, 0.05) is 36.5 Å². The molecule has 2 aromatic heterocycles. The number of rotatable bonds is 7. The number of ether oxygens (including phenoxy) is 1. The molecule has 29 heavy (non-hydrogen) atoms. The van der Waals surface area contributed by atoms with Gasteiger partial charge in [-0.3, -0.25) is 9.39 Å². The molecule has 0 aliphatic rings. The van der Waals surface area contributed by atoms with Crippen LogP contribution in [-0.2, 0) is 6.54 Å². The van der Waals surface area contributed by atoms with Gasteiger partial charge in [0.25, 0.3) is 6.43 Å². The predicted molar refractivity (Wildman–Crippen MR) is 105 cm³/mol. The maximum absolute atomic E-state index is 14.2. The molecule has 7 nitrogen and oxygen atoms in total. The molecule has 0 saturated heterocycles. The molecule has 2 heterocycles. The summed E-state index contributed by atoms with van der Waals surface area (Å²) < 4.78 is 47.2. The molecule has 10 heteroatoms. The lowest BCUT2D eigenvalue weighted by Crippen LogP contribution is -2.13. The Labute approximate surface area is 164 Å². The van der Waals surface area contributed by atoms with Gasteiger partial charge in [-0.2, -0.15) is 0 Å². The van der Waals surface area contributed by atoms with Crippen molar-refractivity contribution in [1.29, 1.82) is 0 Å². The number of hydrogen-bond acceptors (Lipinski definition) is 6. The second kappa shape index (κ2) is 8.63. The van der Waals surface area contributed by atoms with Crippen molar-refractivity contribution in [3.05, 3.63) is 59.3 Å². The summed E-state index contributed by atoms with van der Waals surface area (Å²) in [5, 5.41) is 11.0. The maximum Gasteiger partial charge on any atom is 0.278 e. The summed E-state index contributed by atoms with van der Waals surface area (Å²) in [6, 6.07) is 7.77. The first kappa shape index (κ1) is 20.2. The second-order valence-corrected chi connectivity index (χ2v) is 5.99. The number of anilines is 1. The molecule has 0 fully saturated rings. The van der Waals surface area contributed by atoms with Crippen LogP contribution in [0.3, 0.4) is 0 Å². The van der Waals surface area contributed by atoms with Gasteiger partial charge in [-0.15, -0.1) is 10.2 Å². The normalized spacial score (nSPS) is 12.6. The fourth-order valence-electron chi connectivity index (χ4n) is 2.89. The maximum atomic E-state index is 14.2. The van der Waals surface area contributed by atoms with E-state index in [2.05, 4.69) is 20.5 Å². The number of pyridine rings is 1. The van der Waals surface area contributed by atoms with Crippen molar-refractivity contribution in [2.24, 2.45) is 10.7 Å². The molecular weight excluding hydrogens is 385 g/mol. The number of benzene rings is 1. The molecule has 0 saturated carbocycles. The van der Waals surface area contributed by atoms with E-state index >= 15 is 0 Å². The first-order chi connectivity index (χ1) is 14.0. The number of alkyl halides is 2. The highest BCUT2D eigenvalue weighted by atomic mass is 19.3. The number of aliphatic imine (C=N–C) groups is 1. The Morgan fingerprint density at radius 1 is 1.34 bits per heavy atom. The zero-order chi connectivity index (χ0) is 21.0. The van der Waals surface area contributed by atoms with Gasteiger partial charge in [0.2, 0.25) is 0 Å². The van der Waals surface area contributed by atoms with Gasteiger partial charge >= 0.3 is 0 Å². The highest BCUT2D eigenvalue weighted by Gasteiger charge is 2.18. The summed E-state index contributed by atoms with van der Waals surface area (Å²) >= 11 is 0. The molecule has 152 valence electrons. The average Bonchev–Trinajstić information content (AvgIpc) is 3.20. The first-order valence-electron chi connectivity index (χ1n) is 8.56. The summed E-state index contributed by atoms with van der Waals surface area (Å²) in [5.41, 5.74) is 6.01. The SMILES string of the molecule is CN=CC(=C(N)C(F)F)c1ccc(NCc2c(F)cccc2OC)n2cnnc12. The van der Waals surface area contributed by atoms with E-state index in [4.69, 9.17) is 10.5 Å². The second-order valence-electron chi connectivity index (χ2n) is 5.99. The first-order valence-corrected chi connectivity index (χ1v) is 8.56. The molecule has 0 radical (unpaired) electrons. The van der Waals surface area contributed by atoms with Crippen LogP contribution in [0, 0.1) is 5.82 Å². The molecule has 0 aliphatic heterocycles. The van der Waals surface area contributed by atoms with Crippen LogP contribution in [0.25, 0.3) is 11.2 Å². The Morgan fingerprint density at radius 3 is 2.83 bits per heavy atom. The number of methoxy groups -OCH3 is 1. The van der Waals surface area contributed by atoms with Crippen molar-refractivity contribution in [1.82, 2.24) is 14.6 Å². The van der Waals surface area contributed by atoms with Crippen LogP contribution in [0.5, 0.6) is 5.75 Å². The molecule has 0 amide bonds. The fourth-order valence-corrected chi connectivity index (χ4v) is 2.89. The Bertz CT molecular complexity index is 1080. The van der Waals surface area contributed by atoms with Crippen LogP contribution in [0.15, 0.2) is 47.3 Å². The Kier molecular flexibility index (Phi) is 6.01. The van der Waals surface area contributed by atoms with Crippen LogP contribution in [0.4, 0.5) is 19.0 Å². The van der Waals surface area contributed by atoms with Crippen LogP contribution in [0.1, 0.15) is 11.1 Å². The Morgan fingerprint density at radius 2 is 2.14 bits per heavy atom. The summed E-state index contributed by atoms with van der Waals surface area (Å²) in [7, 11) is 2.92. The third-order valence-corrected chi connectivity index (χ3v) is 4.29. The van der Waals surface area contributed by atoms with E-state index in [1.54, 1.807) is 28.7 Å². The lowest BCUT2D eigenvalue weighted by molar-refractivity contribution is 0.189. The zero-order valence-electron chi connectivity index (χ0n) is 15.7. The van der Waals surface area contributed by atoms with E-state index in [9.17, 15) is 13.2 Å². The van der Waals surface area contributed by atoms with Gasteiger partial charge in [0.05, 0.1) is 12.8 Å². The lowest BCUT2D eigenvalue weighted by Gasteiger charge is -2.14. The minimum absolute atomic E-state index is 0.0582. The predicted octanol–water partition coefficient (Wildman–Crippen LogP) is 3.12. The smallest absolute Gasteiger partial charge is 0.278 e. The fraction of sp³-hybridized carbons (Fsp3) is 0.211. The van der Waals surface area contributed by atoms with E-state index < -0.39 is 17.9 Å². The summed E-state index contributed by atoms with van der Waals surface area (Å²) in [6.45, 7) is 0.126.